The van der Waals surface area contributed by atoms with E-state index >= 15 is 0 Å². The zero-order valence-electron chi connectivity index (χ0n) is 9.54. The Hall–Kier alpha value is -2.11. The lowest BCUT2D eigenvalue weighted by Crippen LogP contribution is -2.18. The number of hydrogen-bond acceptors (Lipinski definition) is 4. The summed E-state index contributed by atoms with van der Waals surface area (Å²) < 4.78 is 5.27. The van der Waals surface area contributed by atoms with E-state index in [0.29, 0.717) is 11.3 Å². The van der Waals surface area contributed by atoms with Gasteiger partial charge in [-0.2, -0.15) is 0 Å². The Kier molecular flexibility index (Phi) is 4.03. The topological polar surface area (TPSA) is 89.7 Å². The summed E-state index contributed by atoms with van der Waals surface area (Å²) >= 11 is 0. The molecule has 0 aliphatic heterocycles. The highest BCUT2D eigenvalue weighted by Gasteiger charge is 2.16. The molecule has 17 heavy (non-hydrogen) atoms. The zero-order valence-corrected chi connectivity index (χ0v) is 9.54. The lowest BCUT2D eigenvalue weighted by Gasteiger charge is -2.11. The van der Waals surface area contributed by atoms with E-state index in [2.05, 4.69) is 0 Å². The third kappa shape index (κ3) is 3.17. The first-order valence-electron chi connectivity index (χ1n) is 5.03. The van der Waals surface area contributed by atoms with Crippen LogP contribution in [0, 0.1) is 23.0 Å². The molecule has 0 radical (unpaired) electrons. The van der Waals surface area contributed by atoms with Gasteiger partial charge >= 0.3 is 5.97 Å². The Bertz CT molecular complexity index is 443. The van der Waals surface area contributed by atoms with E-state index in [9.17, 15) is 14.9 Å². The van der Waals surface area contributed by atoms with Gasteiger partial charge in [-0.3, -0.25) is 14.9 Å². The van der Waals surface area contributed by atoms with Crippen molar-refractivity contribution in [2.75, 3.05) is 6.61 Å². The van der Waals surface area contributed by atoms with Crippen molar-refractivity contribution in [2.45, 2.75) is 13.8 Å². The van der Waals surface area contributed by atoms with Crippen LogP contribution in [0.1, 0.15) is 12.5 Å². The maximum Gasteiger partial charge on any atom is 0.309 e. The lowest BCUT2D eigenvalue weighted by atomic mass is 10.1. The van der Waals surface area contributed by atoms with Gasteiger partial charge in [0.05, 0.1) is 16.4 Å². The minimum Gasteiger partial charge on any atom is -0.492 e. The Morgan fingerprint density at radius 3 is 2.76 bits per heavy atom. The maximum absolute atomic E-state index is 10.7. The fraction of sp³-hybridized carbons (Fsp3) is 0.364. The average Bonchev–Trinajstić information content (AvgIpc) is 2.26. The van der Waals surface area contributed by atoms with Crippen LogP contribution in [0.5, 0.6) is 5.75 Å². The second-order valence-corrected chi connectivity index (χ2v) is 3.71. The molecule has 1 unspecified atom stereocenters. The van der Waals surface area contributed by atoms with Crippen LogP contribution in [-0.4, -0.2) is 22.6 Å². The molecule has 0 saturated carbocycles. The molecule has 1 rings (SSSR count). The number of nitro benzene ring substituents is 1. The highest BCUT2D eigenvalue weighted by Crippen LogP contribution is 2.27. The molecule has 6 heteroatoms. The van der Waals surface area contributed by atoms with Gasteiger partial charge in [0.2, 0.25) is 0 Å². The fourth-order valence-electron chi connectivity index (χ4n) is 1.24. The minimum absolute atomic E-state index is 0.0165. The standard InChI is InChI=1S/C11H13NO5/c1-7(11(13)14)6-17-10-5-3-4-9(8(10)2)12(15)16/h3-5,7H,6H2,1-2H3,(H,13,14). The van der Waals surface area contributed by atoms with E-state index < -0.39 is 16.8 Å². The third-order valence-electron chi connectivity index (χ3n) is 2.36. The van der Waals surface area contributed by atoms with Crippen LogP contribution >= 0.6 is 0 Å². The summed E-state index contributed by atoms with van der Waals surface area (Å²) in [5, 5.41) is 19.4. The van der Waals surface area contributed by atoms with Gasteiger partial charge in [0.1, 0.15) is 12.4 Å². The first kappa shape index (κ1) is 13.0. The van der Waals surface area contributed by atoms with E-state index in [4.69, 9.17) is 9.84 Å². The van der Waals surface area contributed by atoms with Gasteiger partial charge in [0.25, 0.3) is 5.69 Å². The van der Waals surface area contributed by atoms with Crippen LogP contribution in [0.15, 0.2) is 18.2 Å². The summed E-state index contributed by atoms with van der Waals surface area (Å²) in [5.74, 6) is -1.28. The summed E-state index contributed by atoms with van der Waals surface area (Å²) in [4.78, 5) is 20.8. The van der Waals surface area contributed by atoms with Gasteiger partial charge in [-0.1, -0.05) is 6.07 Å². The van der Waals surface area contributed by atoms with Crippen LogP contribution < -0.4 is 4.74 Å². The molecule has 1 atom stereocenters. The maximum atomic E-state index is 10.7. The molecule has 0 aliphatic carbocycles. The number of aliphatic carboxylic acids is 1. The van der Waals surface area contributed by atoms with Crippen LogP contribution in [0.2, 0.25) is 0 Å². The van der Waals surface area contributed by atoms with Crippen molar-refractivity contribution in [3.63, 3.8) is 0 Å². The molecule has 0 heterocycles. The summed E-state index contributed by atoms with van der Waals surface area (Å²) in [6.45, 7) is 3.06. The third-order valence-corrected chi connectivity index (χ3v) is 2.36. The number of benzene rings is 1. The quantitative estimate of drug-likeness (QED) is 0.627. The van der Waals surface area contributed by atoms with E-state index in [1.165, 1.54) is 19.1 Å². The van der Waals surface area contributed by atoms with Crippen molar-refractivity contribution in [3.8, 4) is 5.75 Å². The molecular weight excluding hydrogens is 226 g/mol. The number of nitro groups is 1. The monoisotopic (exact) mass is 239 g/mol. The lowest BCUT2D eigenvalue weighted by molar-refractivity contribution is -0.385. The van der Waals surface area contributed by atoms with Crippen molar-refractivity contribution in [1.82, 2.24) is 0 Å². The van der Waals surface area contributed by atoms with Gasteiger partial charge in [0.15, 0.2) is 0 Å². The normalized spacial score (nSPS) is 11.9. The van der Waals surface area contributed by atoms with Crippen LogP contribution in [0.4, 0.5) is 5.69 Å². The predicted octanol–water partition coefficient (Wildman–Crippen LogP) is 2.00. The first-order chi connectivity index (χ1) is 7.93. The molecule has 1 aromatic rings. The highest BCUT2D eigenvalue weighted by atomic mass is 16.6. The van der Waals surface area contributed by atoms with E-state index in [1.54, 1.807) is 13.0 Å². The van der Waals surface area contributed by atoms with Crippen molar-refractivity contribution in [3.05, 3.63) is 33.9 Å². The average molecular weight is 239 g/mol. The molecular formula is C11H13NO5. The Morgan fingerprint density at radius 1 is 1.59 bits per heavy atom. The molecule has 1 aromatic carbocycles. The van der Waals surface area contributed by atoms with Gasteiger partial charge in [0, 0.05) is 6.07 Å². The van der Waals surface area contributed by atoms with Crippen LogP contribution in [-0.2, 0) is 4.79 Å². The van der Waals surface area contributed by atoms with Gasteiger partial charge < -0.3 is 9.84 Å². The zero-order chi connectivity index (χ0) is 13.0. The molecule has 6 nitrogen and oxygen atoms in total. The van der Waals surface area contributed by atoms with E-state index in [1.807, 2.05) is 0 Å². The molecule has 92 valence electrons. The fourth-order valence-corrected chi connectivity index (χ4v) is 1.24. The molecule has 1 N–H and O–H groups in total. The molecule has 0 bridgehead atoms. The van der Waals surface area contributed by atoms with Crippen LogP contribution in [0.25, 0.3) is 0 Å². The molecule has 0 spiro atoms. The van der Waals surface area contributed by atoms with Gasteiger partial charge in [-0.25, -0.2) is 0 Å². The van der Waals surface area contributed by atoms with Crippen molar-refractivity contribution in [2.24, 2.45) is 5.92 Å². The molecule has 0 saturated heterocycles. The number of carbonyl (C=O) groups is 1. The Balaban J connectivity index is 2.82. The van der Waals surface area contributed by atoms with Crippen molar-refractivity contribution < 1.29 is 19.6 Å². The number of carboxylic acid groups (broad SMARTS) is 1. The van der Waals surface area contributed by atoms with Crippen molar-refractivity contribution in [1.29, 1.82) is 0 Å². The number of ether oxygens (including phenoxy) is 1. The molecule has 0 fully saturated rings. The second-order valence-electron chi connectivity index (χ2n) is 3.71. The Morgan fingerprint density at radius 2 is 2.24 bits per heavy atom. The van der Waals surface area contributed by atoms with Crippen molar-refractivity contribution >= 4 is 11.7 Å². The summed E-state index contributed by atoms with van der Waals surface area (Å²) in [6, 6.07) is 4.46. The number of nitrogens with zero attached hydrogens (tertiary/aromatic N) is 1. The SMILES string of the molecule is Cc1c(OCC(C)C(=O)O)cccc1[N+](=O)[O-]. The second kappa shape index (κ2) is 5.29. The van der Waals surface area contributed by atoms with Gasteiger partial charge in [-0.15, -0.1) is 0 Å². The summed E-state index contributed by atoms with van der Waals surface area (Å²) in [6.07, 6.45) is 0. The van der Waals surface area contributed by atoms with E-state index in [-0.39, 0.29) is 12.3 Å². The Labute approximate surface area is 98.0 Å². The van der Waals surface area contributed by atoms with Gasteiger partial charge in [-0.05, 0) is 19.9 Å². The molecule has 0 amide bonds. The first-order valence-corrected chi connectivity index (χ1v) is 5.03. The summed E-state index contributed by atoms with van der Waals surface area (Å²) in [5.41, 5.74) is 0.362. The molecule has 0 aliphatic rings. The minimum atomic E-state index is -0.965. The molecule has 0 aromatic heterocycles. The number of hydrogen-bond donors (Lipinski definition) is 1. The number of carboxylic acids is 1. The highest BCUT2D eigenvalue weighted by molar-refractivity contribution is 5.69. The largest absolute Gasteiger partial charge is 0.492 e. The summed E-state index contributed by atoms with van der Waals surface area (Å²) in [7, 11) is 0. The number of rotatable bonds is 5. The predicted molar refractivity (Wildman–Crippen MR) is 60.1 cm³/mol. The smallest absolute Gasteiger partial charge is 0.309 e. The van der Waals surface area contributed by atoms with E-state index in [0.717, 1.165) is 0 Å². The van der Waals surface area contributed by atoms with Crippen LogP contribution in [0.3, 0.4) is 0 Å².